The minimum Gasteiger partial charge on any atom is -0.497 e. The van der Waals surface area contributed by atoms with Crippen LogP contribution in [0.2, 0.25) is 0 Å². The number of nitrogens with zero attached hydrogens (tertiary/aromatic N) is 1. The topological polar surface area (TPSA) is 81.4 Å². The highest BCUT2D eigenvalue weighted by atomic mass is 16.5. The van der Waals surface area contributed by atoms with Gasteiger partial charge in [-0.3, -0.25) is 4.79 Å². The average Bonchev–Trinajstić information content (AvgIpc) is 2.56. The molecular formula is C18H16N2O4. The molecule has 24 heavy (non-hydrogen) atoms. The van der Waals surface area contributed by atoms with Crippen LogP contribution in [0.4, 0.5) is 5.82 Å². The van der Waals surface area contributed by atoms with Crippen LogP contribution in [0.25, 0.3) is 11.0 Å². The number of carbonyl (C=O) groups excluding carboxylic acids is 1. The summed E-state index contributed by atoms with van der Waals surface area (Å²) in [5, 5.41) is 3.46. The first kappa shape index (κ1) is 15.7. The maximum Gasteiger partial charge on any atom is 0.336 e. The molecule has 0 aliphatic heterocycles. The lowest BCUT2D eigenvalue weighted by Crippen LogP contribution is -2.17. The summed E-state index contributed by atoms with van der Waals surface area (Å²) in [5.41, 5.74) is 1.34. The Balaban J connectivity index is 1.90. The molecule has 1 aromatic carbocycles. The quantitative estimate of drug-likeness (QED) is 0.746. The number of aryl methyl sites for hydroxylation is 1. The van der Waals surface area contributed by atoms with Crippen LogP contribution in [0.15, 0.2) is 51.8 Å². The molecule has 0 saturated carbocycles. The molecule has 1 amide bonds. The fourth-order valence-corrected chi connectivity index (χ4v) is 2.45. The van der Waals surface area contributed by atoms with E-state index in [9.17, 15) is 9.59 Å². The van der Waals surface area contributed by atoms with E-state index >= 15 is 0 Å². The highest BCUT2D eigenvalue weighted by Gasteiger charge is 2.12. The molecule has 2 heterocycles. The number of hydrogen-bond donors (Lipinski definition) is 1. The predicted molar refractivity (Wildman–Crippen MR) is 90.3 cm³/mol. The van der Waals surface area contributed by atoms with Crippen molar-refractivity contribution >= 4 is 22.7 Å². The van der Waals surface area contributed by atoms with Crippen LogP contribution in [0, 0.1) is 6.92 Å². The van der Waals surface area contributed by atoms with E-state index in [1.807, 2.05) is 13.0 Å². The summed E-state index contributed by atoms with van der Waals surface area (Å²) in [5.74, 6) is 0.840. The number of hydrogen-bond acceptors (Lipinski definition) is 5. The van der Waals surface area contributed by atoms with Crippen LogP contribution in [0.5, 0.6) is 5.75 Å². The standard InChI is InChI=1S/C18H16N2O4/c1-11-4-3-7-19-18(11)20-16(21)8-12-9-17(22)24-15-10-13(23-2)5-6-14(12)15/h3-7,9-10H,8H2,1-2H3,(H,19,20,21). The van der Waals surface area contributed by atoms with Crippen molar-refractivity contribution in [1.29, 1.82) is 0 Å². The highest BCUT2D eigenvalue weighted by Crippen LogP contribution is 2.23. The Kier molecular flexibility index (Phi) is 4.29. The van der Waals surface area contributed by atoms with Crippen LogP contribution in [-0.4, -0.2) is 18.0 Å². The van der Waals surface area contributed by atoms with Gasteiger partial charge in [0.1, 0.15) is 17.2 Å². The summed E-state index contributed by atoms with van der Waals surface area (Å²) >= 11 is 0. The Hall–Kier alpha value is -3.15. The van der Waals surface area contributed by atoms with E-state index < -0.39 is 5.63 Å². The molecule has 3 rings (SSSR count). The van der Waals surface area contributed by atoms with Crippen molar-refractivity contribution in [2.24, 2.45) is 0 Å². The highest BCUT2D eigenvalue weighted by molar-refractivity contribution is 5.95. The van der Waals surface area contributed by atoms with Gasteiger partial charge in [0.25, 0.3) is 0 Å². The third-order valence-electron chi connectivity index (χ3n) is 3.66. The maximum atomic E-state index is 12.3. The van der Waals surface area contributed by atoms with Crippen molar-refractivity contribution < 1.29 is 13.9 Å². The van der Waals surface area contributed by atoms with Gasteiger partial charge in [-0.2, -0.15) is 0 Å². The number of aromatic nitrogens is 1. The minimum absolute atomic E-state index is 0.0461. The van der Waals surface area contributed by atoms with E-state index in [4.69, 9.17) is 9.15 Å². The molecule has 0 spiro atoms. The van der Waals surface area contributed by atoms with Gasteiger partial charge in [0.15, 0.2) is 0 Å². The molecule has 0 radical (unpaired) electrons. The van der Waals surface area contributed by atoms with Gasteiger partial charge >= 0.3 is 5.63 Å². The number of anilines is 1. The zero-order valence-electron chi connectivity index (χ0n) is 13.3. The Bertz CT molecular complexity index is 963. The number of carbonyl (C=O) groups is 1. The van der Waals surface area contributed by atoms with Gasteiger partial charge in [0.05, 0.1) is 13.5 Å². The first-order chi connectivity index (χ1) is 11.6. The smallest absolute Gasteiger partial charge is 0.336 e. The van der Waals surface area contributed by atoms with Crippen molar-refractivity contribution in [3.63, 3.8) is 0 Å². The molecule has 0 aliphatic carbocycles. The minimum atomic E-state index is -0.507. The van der Waals surface area contributed by atoms with E-state index in [0.717, 1.165) is 5.56 Å². The Labute approximate surface area is 138 Å². The molecule has 0 bridgehead atoms. The lowest BCUT2D eigenvalue weighted by atomic mass is 10.1. The lowest BCUT2D eigenvalue weighted by Gasteiger charge is -2.09. The van der Waals surface area contributed by atoms with E-state index in [1.54, 1.807) is 30.5 Å². The molecule has 0 saturated heterocycles. The zero-order valence-corrected chi connectivity index (χ0v) is 13.3. The molecule has 2 aromatic heterocycles. The Morgan fingerprint density at radius 2 is 2.12 bits per heavy atom. The van der Waals surface area contributed by atoms with Gasteiger partial charge in [0, 0.05) is 23.7 Å². The second-order valence-corrected chi connectivity index (χ2v) is 5.35. The molecular weight excluding hydrogens is 308 g/mol. The number of rotatable bonds is 4. The predicted octanol–water partition coefficient (Wildman–Crippen LogP) is 2.69. The SMILES string of the molecule is COc1ccc2c(CC(=O)Nc3ncccc3C)cc(=O)oc2c1. The summed E-state index contributed by atoms with van der Waals surface area (Å²) in [6.07, 6.45) is 1.66. The van der Waals surface area contributed by atoms with Crippen molar-refractivity contribution in [3.8, 4) is 5.75 Å². The Morgan fingerprint density at radius 3 is 2.88 bits per heavy atom. The number of amides is 1. The maximum absolute atomic E-state index is 12.3. The van der Waals surface area contributed by atoms with Crippen LogP contribution in [0.3, 0.4) is 0 Å². The number of benzene rings is 1. The largest absolute Gasteiger partial charge is 0.497 e. The van der Waals surface area contributed by atoms with Crippen molar-refractivity contribution in [3.05, 3.63) is 64.1 Å². The molecule has 0 atom stereocenters. The molecule has 0 aliphatic rings. The molecule has 6 heteroatoms. The molecule has 0 unspecified atom stereocenters. The normalized spacial score (nSPS) is 10.6. The van der Waals surface area contributed by atoms with Gasteiger partial charge in [0.2, 0.25) is 5.91 Å². The van der Waals surface area contributed by atoms with E-state index in [-0.39, 0.29) is 12.3 Å². The van der Waals surface area contributed by atoms with Gasteiger partial charge in [-0.1, -0.05) is 6.07 Å². The fraction of sp³-hybridized carbons (Fsp3) is 0.167. The van der Waals surface area contributed by atoms with Crippen LogP contribution >= 0.6 is 0 Å². The van der Waals surface area contributed by atoms with Crippen LogP contribution in [-0.2, 0) is 11.2 Å². The van der Waals surface area contributed by atoms with Crippen molar-refractivity contribution in [2.45, 2.75) is 13.3 Å². The number of nitrogens with one attached hydrogen (secondary N) is 1. The van der Waals surface area contributed by atoms with Crippen molar-refractivity contribution in [1.82, 2.24) is 4.98 Å². The summed E-state index contributed by atoms with van der Waals surface area (Å²) in [6, 6.07) is 10.1. The first-order valence-electron chi connectivity index (χ1n) is 7.39. The third kappa shape index (κ3) is 3.27. The Morgan fingerprint density at radius 1 is 1.29 bits per heavy atom. The number of ether oxygens (including phenoxy) is 1. The van der Waals surface area contributed by atoms with Crippen LogP contribution in [0.1, 0.15) is 11.1 Å². The number of fused-ring (bicyclic) bond motifs is 1. The third-order valence-corrected chi connectivity index (χ3v) is 3.66. The van der Waals surface area contributed by atoms with E-state index in [2.05, 4.69) is 10.3 Å². The number of methoxy groups -OCH3 is 1. The summed E-state index contributed by atoms with van der Waals surface area (Å²) in [7, 11) is 1.53. The van der Waals surface area contributed by atoms with Gasteiger partial charge < -0.3 is 14.5 Å². The average molecular weight is 324 g/mol. The van der Waals surface area contributed by atoms with Crippen molar-refractivity contribution in [2.75, 3.05) is 12.4 Å². The van der Waals surface area contributed by atoms with Gasteiger partial charge in [-0.25, -0.2) is 9.78 Å². The second kappa shape index (κ2) is 6.54. The fourth-order valence-electron chi connectivity index (χ4n) is 2.45. The summed E-state index contributed by atoms with van der Waals surface area (Å²) in [6.45, 7) is 1.86. The van der Waals surface area contributed by atoms with Gasteiger partial charge in [-0.05, 0) is 36.2 Å². The van der Waals surface area contributed by atoms with E-state index in [1.165, 1.54) is 13.2 Å². The molecule has 122 valence electrons. The van der Waals surface area contributed by atoms with Crippen LogP contribution < -0.4 is 15.7 Å². The molecule has 6 nitrogen and oxygen atoms in total. The molecule has 0 fully saturated rings. The molecule has 1 N–H and O–H groups in total. The zero-order chi connectivity index (χ0) is 17.1. The second-order valence-electron chi connectivity index (χ2n) is 5.35. The summed E-state index contributed by atoms with van der Waals surface area (Å²) < 4.78 is 10.3. The van der Waals surface area contributed by atoms with E-state index in [0.29, 0.717) is 28.1 Å². The summed E-state index contributed by atoms with van der Waals surface area (Å²) in [4.78, 5) is 28.2. The number of pyridine rings is 1. The molecule has 3 aromatic rings. The monoisotopic (exact) mass is 324 g/mol. The lowest BCUT2D eigenvalue weighted by molar-refractivity contribution is -0.115. The first-order valence-corrected chi connectivity index (χ1v) is 7.39. The van der Waals surface area contributed by atoms with Gasteiger partial charge in [-0.15, -0.1) is 0 Å².